The fourth-order valence-corrected chi connectivity index (χ4v) is 1.23. The van der Waals surface area contributed by atoms with Crippen LogP contribution in [0.25, 0.3) is 0 Å². The third-order valence-electron chi connectivity index (χ3n) is 1.99. The maximum Gasteiger partial charge on any atom is 0.342 e. The van der Waals surface area contributed by atoms with E-state index in [9.17, 15) is 15.2 Å². The van der Waals surface area contributed by atoms with Crippen molar-refractivity contribution in [2.75, 3.05) is 0 Å². The molecule has 0 saturated heterocycles. The number of rotatable bonds is 5. The summed E-state index contributed by atoms with van der Waals surface area (Å²) < 4.78 is 0. The topological polar surface area (TPSA) is 63.0 Å². The van der Waals surface area contributed by atoms with Gasteiger partial charge in [0.15, 0.2) is 0 Å². The highest BCUT2D eigenvalue weighted by Crippen LogP contribution is 2.06. The summed E-state index contributed by atoms with van der Waals surface area (Å²) >= 11 is 0. The molecule has 1 rings (SSSR count). The Bertz CT molecular complexity index is 287. The van der Waals surface area contributed by atoms with Crippen molar-refractivity contribution in [1.29, 1.82) is 0 Å². The Kier molecular flexibility index (Phi) is 4.07. The molecule has 1 atom stereocenters. The Balaban J connectivity index is 2.26. The van der Waals surface area contributed by atoms with Gasteiger partial charge in [0.2, 0.25) is 0 Å². The van der Waals surface area contributed by atoms with Crippen LogP contribution in [0.3, 0.4) is 0 Å². The quantitative estimate of drug-likeness (QED) is 0.409. The van der Waals surface area contributed by atoms with Gasteiger partial charge in [-0.15, -0.1) is 0 Å². The predicted octanol–water partition coefficient (Wildman–Crippen LogP) is 2.04. The Morgan fingerprint density at radius 2 is 1.93 bits per heavy atom. The van der Waals surface area contributed by atoms with Gasteiger partial charge >= 0.3 is 6.23 Å². The minimum atomic E-state index is -1.67. The molecule has 0 aliphatic rings. The van der Waals surface area contributed by atoms with E-state index in [-0.39, 0.29) is 6.42 Å². The van der Waals surface area contributed by atoms with Crippen LogP contribution in [0.4, 0.5) is 0 Å². The van der Waals surface area contributed by atoms with Gasteiger partial charge in [-0.2, -0.15) is 5.11 Å². The molecule has 75 valence electrons. The van der Waals surface area contributed by atoms with Crippen LogP contribution in [0.5, 0.6) is 0 Å². The molecule has 0 aliphatic heterocycles. The van der Waals surface area contributed by atoms with Gasteiger partial charge in [-0.25, -0.2) is 0 Å². The Morgan fingerprint density at radius 1 is 1.29 bits per heavy atom. The van der Waals surface area contributed by atoms with E-state index < -0.39 is 11.2 Å². The molecule has 1 radical (unpaired) electrons. The van der Waals surface area contributed by atoms with Gasteiger partial charge in [-0.3, -0.25) is 10.1 Å². The highest BCUT2D eigenvalue weighted by Gasteiger charge is 2.15. The number of hydrogen-bond donors (Lipinski definition) is 0. The maximum absolute atomic E-state index is 10.7. The minimum absolute atomic E-state index is 0.0991. The van der Waals surface area contributed by atoms with Gasteiger partial charge in [0.05, 0.1) is 4.92 Å². The van der Waals surface area contributed by atoms with Crippen molar-refractivity contribution in [3.8, 4) is 0 Å². The van der Waals surface area contributed by atoms with Crippen molar-refractivity contribution in [3.63, 3.8) is 0 Å². The molecule has 4 nitrogen and oxygen atoms in total. The summed E-state index contributed by atoms with van der Waals surface area (Å²) in [6.07, 6.45) is -0.271. The van der Waals surface area contributed by atoms with Gasteiger partial charge in [-0.1, -0.05) is 30.3 Å². The lowest BCUT2D eigenvalue weighted by Gasteiger charge is -2.01. The summed E-state index contributed by atoms with van der Waals surface area (Å²) in [6, 6.07) is 9.64. The van der Waals surface area contributed by atoms with E-state index in [0.717, 1.165) is 12.0 Å². The SMILES string of the molecule is [O]C(CCCc1ccccc1)[N+](=O)[O-]. The number of hydrogen-bond acceptors (Lipinski definition) is 2. The van der Waals surface area contributed by atoms with Crippen LogP contribution < -0.4 is 0 Å². The Hall–Kier alpha value is -1.42. The second-order valence-electron chi connectivity index (χ2n) is 3.12. The van der Waals surface area contributed by atoms with Gasteiger partial charge in [0, 0.05) is 6.42 Å². The largest absolute Gasteiger partial charge is 0.342 e. The van der Waals surface area contributed by atoms with Gasteiger partial charge < -0.3 is 0 Å². The lowest BCUT2D eigenvalue weighted by molar-refractivity contribution is -0.582. The fraction of sp³-hybridized carbons (Fsp3) is 0.400. The van der Waals surface area contributed by atoms with Crippen molar-refractivity contribution >= 4 is 0 Å². The molecule has 1 aromatic rings. The van der Waals surface area contributed by atoms with Crippen LogP contribution in [-0.2, 0) is 11.5 Å². The van der Waals surface area contributed by atoms with E-state index in [1.807, 2.05) is 30.3 Å². The Labute approximate surface area is 82.3 Å². The van der Waals surface area contributed by atoms with Crippen LogP contribution >= 0.6 is 0 Å². The van der Waals surface area contributed by atoms with Crippen LogP contribution in [0.2, 0.25) is 0 Å². The van der Waals surface area contributed by atoms with Crippen molar-refractivity contribution in [2.45, 2.75) is 25.5 Å². The highest BCUT2D eigenvalue weighted by atomic mass is 16.7. The zero-order valence-electron chi connectivity index (χ0n) is 7.76. The molecule has 0 amide bonds. The number of benzene rings is 1. The summed E-state index contributed by atoms with van der Waals surface area (Å²) in [5.74, 6) is 0. The molecule has 1 unspecified atom stereocenters. The van der Waals surface area contributed by atoms with Crippen molar-refractivity contribution in [3.05, 3.63) is 46.0 Å². The smallest absolute Gasteiger partial charge is 0.262 e. The molecule has 0 bridgehead atoms. The zero-order valence-corrected chi connectivity index (χ0v) is 7.76. The molecule has 0 N–H and O–H groups in total. The summed E-state index contributed by atoms with van der Waals surface area (Å²) in [4.78, 5) is 9.26. The standard InChI is InChI=1S/C10H12NO3/c12-10(11(13)14)8-4-7-9-5-2-1-3-6-9/h1-3,5-6,10H,4,7-8H2. The lowest BCUT2D eigenvalue weighted by atomic mass is 10.1. The monoisotopic (exact) mass is 194 g/mol. The van der Waals surface area contributed by atoms with Crippen LogP contribution in [0.1, 0.15) is 18.4 Å². The van der Waals surface area contributed by atoms with Gasteiger partial charge in [-0.05, 0) is 18.4 Å². The van der Waals surface area contributed by atoms with Gasteiger partial charge in [0.1, 0.15) is 0 Å². The summed E-state index contributed by atoms with van der Waals surface area (Å²) in [6.45, 7) is 0. The highest BCUT2D eigenvalue weighted by molar-refractivity contribution is 5.14. The van der Waals surface area contributed by atoms with E-state index in [0.29, 0.717) is 6.42 Å². The molecule has 14 heavy (non-hydrogen) atoms. The van der Waals surface area contributed by atoms with Crippen molar-refractivity contribution in [1.82, 2.24) is 0 Å². The second-order valence-corrected chi connectivity index (χ2v) is 3.12. The average Bonchev–Trinajstić information content (AvgIpc) is 2.19. The molecule has 1 aromatic carbocycles. The lowest BCUT2D eigenvalue weighted by Crippen LogP contribution is -2.16. The summed E-state index contributed by atoms with van der Waals surface area (Å²) in [5.41, 5.74) is 1.11. The van der Waals surface area contributed by atoms with Gasteiger partial charge in [0.25, 0.3) is 0 Å². The fourth-order valence-electron chi connectivity index (χ4n) is 1.23. The first-order valence-corrected chi connectivity index (χ1v) is 4.53. The first-order valence-electron chi connectivity index (χ1n) is 4.53. The normalized spacial score (nSPS) is 12.4. The van der Waals surface area contributed by atoms with Crippen molar-refractivity contribution in [2.24, 2.45) is 0 Å². The van der Waals surface area contributed by atoms with E-state index in [2.05, 4.69) is 0 Å². The van der Waals surface area contributed by atoms with E-state index >= 15 is 0 Å². The molecular weight excluding hydrogens is 182 g/mol. The molecule has 4 heteroatoms. The molecule has 0 saturated carbocycles. The number of aryl methyl sites for hydroxylation is 1. The summed E-state index contributed by atoms with van der Waals surface area (Å²) in [5, 5.41) is 20.8. The summed E-state index contributed by atoms with van der Waals surface area (Å²) in [7, 11) is 0. The van der Waals surface area contributed by atoms with Crippen LogP contribution in [0, 0.1) is 10.1 Å². The average molecular weight is 194 g/mol. The van der Waals surface area contributed by atoms with Crippen LogP contribution in [-0.4, -0.2) is 11.2 Å². The number of nitrogens with zero attached hydrogens (tertiary/aromatic N) is 1. The predicted molar refractivity (Wildman–Crippen MR) is 50.8 cm³/mol. The third kappa shape index (κ3) is 3.53. The Morgan fingerprint density at radius 3 is 2.50 bits per heavy atom. The molecule has 0 spiro atoms. The van der Waals surface area contributed by atoms with Crippen LogP contribution in [0.15, 0.2) is 30.3 Å². The molecule has 0 fully saturated rings. The molecule has 0 aliphatic carbocycles. The van der Waals surface area contributed by atoms with E-state index in [1.54, 1.807) is 0 Å². The third-order valence-corrected chi connectivity index (χ3v) is 1.99. The van der Waals surface area contributed by atoms with E-state index in [4.69, 9.17) is 0 Å². The maximum atomic E-state index is 10.7. The number of nitro groups is 1. The first-order chi connectivity index (χ1) is 6.70. The molecular formula is C10H12NO3. The molecule has 0 heterocycles. The first kappa shape index (κ1) is 10.7. The second kappa shape index (κ2) is 5.34. The molecule has 0 aromatic heterocycles. The zero-order chi connectivity index (χ0) is 10.4. The minimum Gasteiger partial charge on any atom is -0.262 e. The van der Waals surface area contributed by atoms with Crippen molar-refractivity contribution < 1.29 is 10.0 Å². The van der Waals surface area contributed by atoms with E-state index in [1.165, 1.54) is 0 Å².